The molecule has 0 bridgehead atoms. The fourth-order valence-corrected chi connectivity index (χ4v) is 5.03. The van der Waals surface area contributed by atoms with E-state index in [1.54, 1.807) is 27.8 Å². The number of amides is 2. The van der Waals surface area contributed by atoms with Crippen LogP contribution in [0.4, 0.5) is 0 Å². The van der Waals surface area contributed by atoms with Gasteiger partial charge < -0.3 is 15.0 Å². The van der Waals surface area contributed by atoms with Crippen molar-refractivity contribution in [3.63, 3.8) is 0 Å². The van der Waals surface area contributed by atoms with Crippen LogP contribution in [0.25, 0.3) is 5.76 Å². The van der Waals surface area contributed by atoms with Crippen molar-refractivity contribution in [3.05, 3.63) is 71.2 Å². The van der Waals surface area contributed by atoms with E-state index in [0.29, 0.717) is 22.2 Å². The number of carbonyl (C=O) groups is 2. The number of nitrogens with zero attached hydrogens (tertiary/aromatic N) is 3. The van der Waals surface area contributed by atoms with Crippen molar-refractivity contribution in [3.8, 4) is 0 Å². The highest BCUT2D eigenvalue weighted by atomic mass is 35.5. The lowest BCUT2D eigenvalue weighted by Crippen LogP contribution is -2.64. The Hall–Kier alpha value is -3.06. The molecule has 1 aliphatic carbocycles. The first-order valence-corrected chi connectivity index (χ1v) is 12.6. The molecule has 35 heavy (non-hydrogen) atoms. The van der Waals surface area contributed by atoms with Gasteiger partial charge in [0.1, 0.15) is 22.7 Å². The van der Waals surface area contributed by atoms with Gasteiger partial charge in [-0.3, -0.25) is 14.3 Å². The molecule has 2 heterocycles. The zero-order chi connectivity index (χ0) is 25.0. The number of allylic oxidation sites excluding steroid dienone is 1. The summed E-state index contributed by atoms with van der Waals surface area (Å²) in [5, 5.41) is 8.40. The van der Waals surface area contributed by atoms with Crippen molar-refractivity contribution in [2.75, 3.05) is 0 Å². The molecule has 8 heteroatoms. The van der Waals surface area contributed by atoms with Crippen LogP contribution in [-0.4, -0.2) is 38.1 Å². The van der Waals surface area contributed by atoms with Crippen molar-refractivity contribution >= 4 is 29.2 Å². The molecule has 2 aromatic rings. The summed E-state index contributed by atoms with van der Waals surface area (Å²) in [6, 6.07) is 9.16. The van der Waals surface area contributed by atoms with Crippen LogP contribution in [0.5, 0.6) is 0 Å². The number of carbonyl (C=O) groups excluding carboxylic acids is 2. The van der Waals surface area contributed by atoms with E-state index < -0.39 is 5.54 Å². The first kappa shape index (κ1) is 25.0. The normalized spacial score (nSPS) is 21.0. The molecule has 2 aliphatic rings. The fraction of sp³-hybridized carbons (Fsp3) is 0.444. The Morgan fingerprint density at radius 3 is 2.71 bits per heavy atom. The lowest BCUT2D eigenvalue weighted by Gasteiger charge is -2.44. The molecule has 1 N–H and O–H groups in total. The Bertz CT molecular complexity index is 1130. The number of aromatic nitrogens is 2. The van der Waals surface area contributed by atoms with E-state index in [2.05, 4.69) is 17.0 Å². The van der Waals surface area contributed by atoms with E-state index in [-0.39, 0.29) is 30.9 Å². The van der Waals surface area contributed by atoms with Gasteiger partial charge in [-0.05, 0) is 44.4 Å². The van der Waals surface area contributed by atoms with Gasteiger partial charge in [-0.2, -0.15) is 5.10 Å². The summed E-state index contributed by atoms with van der Waals surface area (Å²) < 4.78 is 7.07. The van der Waals surface area contributed by atoms with Crippen LogP contribution >= 0.6 is 11.6 Å². The minimum absolute atomic E-state index is 0.119. The Morgan fingerprint density at radius 1 is 1.29 bits per heavy atom. The average Bonchev–Trinajstić information content (AvgIpc) is 3.09. The molecule has 186 valence electrons. The number of ether oxygens (including phenoxy) is 1. The van der Waals surface area contributed by atoms with E-state index in [4.69, 9.17) is 16.3 Å². The molecule has 7 nitrogen and oxygen atoms in total. The minimum atomic E-state index is -1.13. The van der Waals surface area contributed by atoms with Gasteiger partial charge >= 0.3 is 0 Å². The lowest BCUT2D eigenvalue weighted by atomic mass is 9.93. The van der Waals surface area contributed by atoms with Gasteiger partial charge in [-0.25, -0.2) is 0 Å². The molecule has 0 radical (unpaired) electrons. The van der Waals surface area contributed by atoms with Gasteiger partial charge in [0.15, 0.2) is 0 Å². The fourth-order valence-electron chi connectivity index (χ4n) is 4.82. The molecule has 1 unspecified atom stereocenters. The number of fused-ring (bicyclic) bond motifs is 1. The molecule has 1 aromatic heterocycles. The van der Waals surface area contributed by atoms with Gasteiger partial charge in [0, 0.05) is 23.7 Å². The van der Waals surface area contributed by atoms with Gasteiger partial charge in [0.05, 0.1) is 12.8 Å². The third-order valence-electron chi connectivity index (χ3n) is 6.84. The maximum absolute atomic E-state index is 13.8. The van der Waals surface area contributed by atoms with E-state index in [1.807, 2.05) is 32.0 Å². The van der Waals surface area contributed by atoms with E-state index in [9.17, 15) is 9.59 Å². The number of hydrogen-bond donors (Lipinski definition) is 1. The highest BCUT2D eigenvalue weighted by Crippen LogP contribution is 2.31. The Balaban J connectivity index is 1.67. The predicted molar refractivity (Wildman–Crippen MR) is 137 cm³/mol. The first-order chi connectivity index (χ1) is 16.8. The number of benzene rings is 1. The maximum Gasteiger partial charge on any atom is 0.273 e. The smallest absolute Gasteiger partial charge is 0.273 e. The quantitative estimate of drug-likeness (QED) is 0.416. The van der Waals surface area contributed by atoms with Crippen LogP contribution in [0.3, 0.4) is 0 Å². The van der Waals surface area contributed by atoms with Crippen LogP contribution in [0.1, 0.15) is 74.1 Å². The molecule has 1 atom stereocenters. The van der Waals surface area contributed by atoms with Gasteiger partial charge in [0.2, 0.25) is 5.91 Å². The molecule has 1 saturated carbocycles. The van der Waals surface area contributed by atoms with Crippen molar-refractivity contribution in [2.24, 2.45) is 0 Å². The van der Waals surface area contributed by atoms with E-state index >= 15 is 0 Å². The molecule has 2 amide bonds. The molecule has 1 fully saturated rings. The summed E-state index contributed by atoms with van der Waals surface area (Å²) in [4.78, 5) is 29.2. The van der Waals surface area contributed by atoms with Crippen molar-refractivity contribution in [1.29, 1.82) is 0 Å². The number of rotatable bonds is 7. The second-order valence-electron chi connectivity index (χ2n) is 9.54. The topological polar surface area (TPSA) is 76.5 Å². The highest BCUT2D eigenvalue weighted by molar-refractivity contribution is 6.30. The average molecular weight is 497 g/mol. The van der Waals surface area contributed by atoms with Crippen molar-refractivity contribution in [2.45, 2.75) is 77.0 Å². The van der Waals surface area contributed by atoms with Crippen LogP contribution in [0.15, 0.2) is 49.2 Å². The van der Waals surface area contributed by atoms with Gasteiger partial charge in [0.25, 0.3) is 5.91 Å². The number of nitrogens with one attached hydrogen (secondary N) is 1. The summed E-state index contributed by atoms with van der Waals surface area (Å²) in [6.45, 7) is 8.05. The van der Waals surface area contributed by atoms with E-state index in [1.165, 1.54) is 19.1 Å². The maximum atomic E-state index is 13.8. The van der Waals surface area contributed by atoms with Crippen LogP contribution in [0, 0.1) is 0 Å². The first-order valence-electron chi connectivity index (χ1n) is 12.2. The number of halogens is 1. The molecule has 0 spiro atoms. The second-order valence-corrected chi connectivity index (χ2v) is 9.98. The standard InChI is InChI=1S/C27H33ClN4O3/c1-4-14-35-19(2)23-16-24-25(33)31(17-20-10-9-11-21(28)15-20)27(3,18-32(24)30-23)26(34)29-22-12-7-5-6-8-13-22/h4,9-11,14-16,22H,2,5-8,12-13,17-18H2,1,3H3,(H,29,34)/b14-4-. The second kappa shape index (κ2) is 10.7. The minimum Gasteiger partial charge on any atom is -0.464 e. The van der Waals surface area contributed by atoms with Gasteiger partial charge in [-0.1, -0.05) is 62.1 Å². The zero-order valence-electron chi connectivity index (χ0n) is 20.4. The molecule has 0 saturated heterocycles. The van der Waals surface area contributed by atoms with Crippen molar-refractivity contribution < 1.29 is 14.3 Å². The Labute approximate surface area is 211 Å². The molecular weight excluding hydrogens is 464 g/mol. The molecule has 1 aliphatic heterocycles. The summed E-state index contributed by atoms with van der Waals surface area (Å²) in [7, 11) is 0. The van der Waals surface area contributed by atoms with Crippen LogP contribution < -0.4 is 5.32 Å². The molecule has 1 aromatic carbocycles. The monoisotopic (exact) mass is 496 g/mol. The molecule has 4 rings (SSSR count). The third kappa shape index (κ3) is 5.45. The van der Waals surface area contributed by atoms with Crippen LogP contribution in [0.2, 0.25) is 5.02 Å². The predicted octanol–water partition coefficient (Wildman–Crippen LogP) is 5.31. The Morgan fingerprint density at radius 2 is 2.03 bits per heavy atom. The van der Waals surface area contributed by atoms with E-state index in [0.717, 1.165) is 31.2 Å². The van der Waals surface area contributed by atoms with Crippen LogP contribution in [-0.2, 0) is 22.6 Å². The number of hydrogen-bond acceptors (Lipinski definition) is 4. The zero-order valence-corrected chi connectivity index (χ0v) is 21.2. The van der Waals surface area contributed by atoms with Gasteiger partial charge in [-0.15, -0.1) is 0 Å². The molecular formula is C27H33ClN4O3. The summed E-state index contributed by atoms with van der Waals surface area (Å²) in [5.41, 5.74) is 0.580. The Kier molecular flexibility index (Phi) is 7.65. The highest BCUT2D eigenvalue weighted by Gasteiger charge is 2.48. The lowest BCUT2D eigenvalue weighted by molar-refractivity contribution is -0.134. The summed E-state index contributed by atoms with van der Waals surface area (Å²) >= 11 is 6.21. The summed E-state index contributed by atoms with van der Waals surface area (Å²) in [5.74, 6) is -0.0948. The van der Waals surface area contributed by atoms with Crippen molar-refractivity contribution in [1.82, 2.24) is 20.0 Å². The SMILES string of the molecule is C=C(O/C=C\C)c1cc2n(n1)CC(C)(C(=O)NC1CCCCCC1)N(Cc1cccc(Cl)c1)C2=O. The third-order valence-corrected chi connectivity index (χ3v) is 7.07. The summed E-state index contributed by atoms with van der Waals surface area (Å²) in [6.07, 6.45) is 9.78. The largest absolute Gasteiger partial charge is 0.464 e.